The first-order chi connectivity index (χ1) is 10.4. The number of benzene rings is 1. The molecule has 0 bridgehead atoms. The van der Waals surface area contributed by atoms with Gasteiger partial charge in [-0.1, -0.05) is 30.3 Å². The quantitative estimate of drug-likeness (QED) is 0.541. The average Bonchev–Trinajstić information content (AvgIpc) is 3.06. The van der Waals surface area contributed by atoms with Crippen molar-refractivity contribution in [3.63, 3.8) is 0 Å². The molecular weight excluding hydrogens is 307 g/mol. The van der Waals surface area contributed by atoms with Gasteiger partial charge in [0.25, 0.3) is 0 Å². The van der Waals surface area contributed by atoms with Crippen LogP contribution in [-0.4, -0.2) is 19.8 Å². The lowest BCUT2D eigenvalue weighted by Gasteiger charge is -2.05. The lowest BCUT2D eigenvalue weighted by atomic mass is 10.1. The van der Waals surface area contributed by atoms with Crippen molar-refractivity contribution in [2.75, 3.05) is 0 Å². The van der Waals surface area contributed by atoms with Gasteiger partial charge >= 0.3 is 13.3 Å². The molecule has 3 aromatic rings. The third-order valence-corrected chi connectivity index (χ3v) is 4.19. The maximum atomic E-state index is 11.6. The Balaban J connectivity index is 2.08. The third kappa shape index (κ3) is 2.82. The second-order valence-electron chi connectivity index (χ2n) is 4.77. The minimum atomic E-state index is -4.50. The van der Waals surface area contributed by atoms with Crippen molar-refractivity contribution < 1.29 is 18.8 Å². The van der Waals surface area contributed by atoms with E-state index < -0.39 is 13.3 Å². The van der Waals surface area contributed by atoms with E-state index in [1.807, 2.05) is 30.3 Å². The molecule has 2 heterocycles. The van der Waals surface area contributed by atoms with Crippen LogP contribution < -0.4 is 11.0 Å². The van der Waals surface area contributed by atoms with Crippen LogP contribution in [0.4, 0.5) is 0 Å². The van der Waals surface area contributed by atoms with Crippen LogP contribution in [0.5, 0.6) is 0 Å². The Morgan fingerprint density at radius 1 is 1.09 bits per heavy atom. The van der Waals surface area contributed by atoms with Gasteiger partial charge in [0.15, 0.2) is 5.76 Å². The normalized spacial score (nSPS) is 11.7. The van der Waals surface area contributed by atoms with Gasteiger partial charge in [-0.3, -0.25) is 4.57 Å². The van der Waals surface area contributed by atoms with Gasteiger partial charge in [0.2, 0.25) is 0 Å². The van der Waals surface area contributed by atoms with E-state index in [2.05, 4.69) is 9.97 Å². The maximum Gasteiger partial charge on any atom is 0.360 e. The smallest absolute Gasteiger partial charge is 0.360 e. The number of H-pyrrole nitrogens is 2. The molecule has 8 heteroatoms. The molecule has 0 unspecified atom stereocenters. The van der Waals surface area contributed by atoms with Crippen LogP contribution in [0.1, 0.15) is 11.3 Å². The number of hydrogen-bond acceptors (Lipinski definition) is 3. The lowest BCUT2D eigenvalue weighted by molar-refractivity contribution is 0.387. The molecule has 1 aromatic carbocycles. The van der Waals surface area contributed by atoms with Crippen LogP contribution in [-0.2, 0) is 11.0 Å². The highest BCUT2D eigenvalue weighted by Gasteiger charge is 2.27. The van der Waals surface area contributed by atoms with Crippen molar-refractivity contribution in [3.05, 3.63) is 64.4 Å². The highest BCUT2D eigenvalue weighted by atomic mass is 31.2. The number of imidazole rings is 1. The number of furan rings is 1. The Morgan fingerprint density at radius 2 is 1.82 bits per heavy atom. The van der Waals surface area contributed by atoms with Gasteiger partial charge in [-0.25, -0.2) is 4.79 Å². The van der Waals surface area contributed by atoms with E-state index in [9.17, 15) is 19.1 Å². The van der Waals surface area contributed by atoms with Crippen LogP contribution in [0.15, 0.2) is 51.9 Å². The summed E-state index contributed by atoms with van der Waals surface area (Å²) in [6, 6.07) is 10.6. The fourth-order valence-corrected chi connectivity index (χ4v) is 2.95. The first kappa shape index (κ1) is 14.6. The summed E-state index contributed by atoms with van der Waals surface area (Å²) >= 11 is 0. The van der Waals surface area contributed by atoms with Crippen molar-refractivity contribution in [2.24, 2.45) is 0 Å². The molecule has 2 aromatic heterocycles. The van der Waals surface area contributed by atoms with Crippen molar-refractivity contribution in [3.8, 4) is 11.5 Å². The summed E-state index contributed by atoms with van der Waals surface area (Å²) in [4.78, 5) is 35.5. The highest BCUT2D eigenvalue weighted by molar-refractivity contribution is 7.60. The van der Waals surface area contributed by atoms with Crippen LogP contribution in [0.3, 0.4) is 0 Å². The Labute approximate surface area is 124 Å². The second-order valence-corrected chi connectivity index (χ2v) is 6.34. The Morgan fingerprint density at radius 3 is 2.50 bits per heavy atom. The molecule has 0 fully saturated rings. The van der Waals surface area contributed by atoms with E-state index in [1.165, 1.54) is 12.3 Å². The van der Waals surface area contributed by atoms with Gasteiger partial charge in [0, 0.05) is 6.42 Å². The first-order valence-corrected chi connectivity index (χ1v) is 8.05. The Kier molecular flexibility index (Phi) is 3.62. The molecule has 0 saturated heterocycles. The summed E-state index contributed by atoms with van der Waals surface area (Å²) < 4.78 is 16.7. The van der Waals surface area contributed by atoms with Gasteiger partial charge in [-0.15, -0.1) is 0 Å². The zero-order valence-electron chi connectivity index (χ0n) is 11.3. The average molecular weight is 320 g/mol. The van der Waals surface area contributed by atoms with Gasteiger partial charge in [-0.05, 0) is 11.6 Å². The Bertz CT molecular complexity index is 887. The summed E-state index contributed by atoms with van der Waals surface area (Å²) in [7, 11) is -4.50. The molecule has 0 aliphatic rings. The van der Waals surface area contributed by atoms with Crippen molar-refractivity contribution in [1.29, 1.82) is 0 Å². The number of nitrogens with one attached hydrogen (secondary N) is 2. The SMILES string of the molecule is O=c1[nH]c(Cc2ccccc2)c(-c2occc2P(=O)(O)O)[nH]1. The molecule has 7 nitrogen and oxygen atoms in total. The zero-order valence-corrected chi connectivity index (χ0v) is 12.2. The molecule has 3 rings (SSSR count). The molecular formula is C14H13N2O5P. The molecule has 114 valence electrons. The standard InChI is InChI=1S/C14H13N2O5P/c17-14-15-10(8-9-4-2-1-3-5-9)12(16-14)13-11(6-7-21-13)22(18,19)20/h1-7H,8H2,(H2,15,16,17)(H2,18,19,20). The molecule has 22 heavy (non-hydrogen) atoms. The summed E-state index contributed by atoms with van der Waals surface area (Å²) in [6.45, 7) is 0. The van der Waals surface area contributed by atoms with E-state index in [-0.39, 0.29) is 16.8 Å². The molecule has 0 aliphatic carbocycles. The minimum Gasteiger partial charge on any atom is -0.462 e. The lowest BCUT2D eigenvalue weighted by Crippen LogP contribution is -2.05. The van der Waals surface area contributed by atoms with Gasteiger partial charge in [-0.2, -0.15) is 0 Å². The predicted molar refractivity (Wildman–Crippen MR) is 80.0 cm³/mol. The van der Waals surface area contributed by atoms with Crippen molar-refractivity contribution in [1.82, 2.24) is 9.97 Å². The maximum absolute atomic E-state index is 11.6. The third-order valence-electron chi connectivity index (χ3n) is 3.21. The van der Waals surface area contributed by atoms with Gasteiger partial charge in [0.05, 0.1) is 12.0 Å². The van der Waals surface area contributed by atoms with Gasteiger partial charge < -0.3 is 24.2 Å². The highest BCUT2D eigenvalue weighted by Crippen LogP contribution is 2.38. The van der Waals surface area contributed by atoms with E-state index >= 15 is 0 Å². The summed E-state index contributed by atoms with van der Waals surface area (Å²) in [5.41, 5.74) is 1.23. The fraction of sp³-hybridized carbons (Fsp3) is 0.0714. The van der Waals surface area contributed by atoms with Crippen LogP contribution >= 0.6 is 7.60 Å². The van der Waals surface area contributed by atoms with Crippen LogP contribution in [0.25, 0.3) is 11.5 Å². The molecule has 0 radical (unpaired) electrons. The minimum absolute atomic E-state index is 0.0300. The van der Waals surface area contributed by atoms with Crippen LogP contribution in [0.2, 0.25) is 0 Å². The van der Waals surface area contributed by atoms with E-state index in [4.69, 9.17) is 4.42 Å². The summed E-state index contributed by atoms with van der Waals surface area (Å²) in [5, 5.41) is -0.253. The number of hydrogen-bond donors (Lipinski definition) is 4. The van der Waals surface area contributed by atoms with E-state index in [0.29, 0.717) is 12.1 Å². The van der Waals surface area contributed by atoms with Crippen molar-refractivity contribution in [2.45, 2.75) is 6.42 Å². The topological polar surface area (TPSA) is 119 Å². The number of rotatable bonds is 4. The molecule has 0 atom stereocenters. The summed E-state index contributed by atoms with van der Waals surface area (Å²) in [6.07, 6.45) is 1.58. The monoisotopic (exact) mass is 320 g/mol. The molecule has 4 N–H and O–H groups in total. The zero-order chi connectivity index (χ0) is 15.7. The first-order valence-electron chi connectivity index (χ1n) is 6.44. The van der Waals surface area contributed by atoms with E-state index in [1.54, 1.807) is 0 Å². The van der Waals surface area contributed by atoms with Crippen LogP contribution in [0, 0.1) is 0 Å². The second kappa shape index (κ2) is 5.46. The molecule has 0 amide bonds. The van der Waals surface area contributed by atoms with Gasteiger partial charge in [0.1, 0.15) is 11.0 Å². The molecule has 0 aliphatic heterocycles. The number of aromatic amines is 2. The number of aromatic nitrogens is 2. The molecule has 0 saturated carbocycles. The fourth-order valence-electron chi connectivity index (χ4n) is 2.27. The molecule has 0 spiro atoms. The van der Waals surface area contributed by atoms with Crippen molar-refractivity contribution >= 4 is 12.9 Å². The summed E-state index contributed by atoms with van der Waals surface area (Å²) in [5.74, 6) is -0.0300. The predicted octanol–water partition coefficient (Wildman–Crippen LogP) is 1.36. The Hall–Kier alpha value is -2.34. The van der Waals surface area contributed by atoms with E-state index in [0.717, 1.165) is 5.56 Å². The largest absolute Gasteiger partial charge is 0.462 e.